The summed E-state index contributed by atoms with van der Waals surface area (Å²) in [6, 6.07) is 1.22. The number of aromatic nitrogens is 2. The summed E-state index contributed by atoms with van der Waals surface area (Å²) in [7, 11) is -1.92. The van der Waals surface area contributed by atoms with Crippen LogP contribution in [0.5, 0.6) is 0 Å². The van der Waals surface area contributed by atoms with Crippen LogP contribution in [0.15, 0.2) is 17.3 Å². The summed E-state index contributed by atoms with van der Waals surface area (Å²) in [5, 5.41) is 3.96. The van der Waals surface area contributed by atoms with E-state index in [1.165, 1.54) is 16.9 Å². The van der Waals surface area contributed by atoms with Gasteiger partial charge in [0.25, 0.3) is 10.0 Å². The van der Waals surface area contributed by atoms with Crippen LogP contribution in [0.3, 0.4) is 0 Å². The standard InChI is InChI=1S/C8H16N4O2S/c1-3-7(6-9)11-15(13,14)8-4-5-10-12(8)2/h4-5,7,11H,3,6,9H2,1-2H3. The van der Waals surface area contributed by atoms with Crippen LogP contribution in [0.4, 0.5) is 0 Å². The number of sulfonamides is 1. The van der Waals surface area contributed by atoms with Crippen molar-refractivity contribution in [2.24, 2.45) is 12.8 Å². The number of nitrogens with one attached hydrogen (secondary N) is 1. The minimum absolute atomic E-state index is 0.148. The predicted molar refractivity (Wildman–Crippen MR) is 56.7 cm³/mol. The summed E-state index contributed by atoms with van der Waals surface area (Å²) in [5.41, 5.74) is 5.43. The molecule has 3 N–H and O–H groups in total. The number of nitrogens with zero attached hydrogens (tertiary/aromatic N) is 2. The fraction of sp³-hybridized carbons (Fsp3) is 0.625. The van der Waals surface area contributed by atoms with Gasteiger partial charge >= 0.3 is 0 Å². The molecule has 0 amide bonds. The lowest BCUT2D eigenvalue weighted by Gasteiger charge is -2.14. The maximum Gasteiger partial charge on any atom is 0.257 e. The molecule has 0 bridgehead atoms. The molecule has 0 aromatic carbocycles. The smallest absolute Gasteiger partial charge is 0.257 e. The van der Waals surface area contributed by atoms with Gasteiger partial charge in [-0.25, -0.2) is 13.1 Å². The second-order valence-electron chi connectivity index (χ2n) is 3.26. The SMILES string of the molecule is CCC(CN)NS(=O)(=O)c1ccnn1C. The number of nitrogens with two attached hydrogens (primary N) is 1. The summed E-state index contributed by atoms with van der Waals surface area (Å²) in [4.78, 5) is 0. The van der Waals surface area contributed by atoms with Gasteiger partial charge in [0.15, 0.2) is 5.03 Å². The largest absolute Gasteiger partial charge is 0.329 e. The topological polar surface area (TPSA) is 90.0 Å². The maximum absolute atomic E-state index is 11.8. The molecular formula is C8H16N4O2S. The minimum atomic E-state index is -3.50. The van der Waals surface area contributed by atoms with Gasteiger partial charge in [0.1, 0.15) is 0 Å². The van der Waals surface area contributed by atoms with Crippen molar-refractivity contribution in [3.63, 3.8) is 0 Å². The minimum Gasteiger partial charge on any atom is -0.329 e. The van der Waals surface area contributed by atoms with Crippen molar-refractivity contribution in [3.8, 4) is 0 Å². The maximum atomic E-state index is 11.8. The highest BCUT2D eigenvalue weighted by Crippen LogP contribution is 2.07. The summed E-state index contributed by atoms with van der Waals surface area (Å²) in [5.74, 6) is 0. The molecule has 0 aliphatic rings. The normalized spacial score (nSPS) is 14.1. The Hall–Kier alpha value is -0.920. The highest BCUT2D eigenvalue weighted by molar-refractivity contribution is 7.89. The van der Waals surface area contributed by atoms with Gasteiger partial charge in [-0.05, 0) is 12.5 Å². The zero-order valence-electron chi connectivity index (χ0n) is 8.84. The van der Waals surface area contributed by atoms with E-state index in [4.69, 9.17) is 5.73 Å². The van der Waals surface area contributed by atoms with Crippen molar-refractivity contribution in [1.82, 2.24) is 14.5 Å². The first kappa shape index (κ1) is 12.2. The number of rotatable bonds is 5. The van der Waals surface area contributed by atoms with Crippen LogP contribution in [0.2, 0.25) is 0 Å². The van der Waals surface area contributed by atoms with Gasteiger partial charge in [0.2, 0.25) is 0 Å². The first-order valence-electron chi connectivity index (χ1n) is 4.71. The molecule has 0 spiro atoms. The van der Waals surface area contributed by atoms with Crippen molar-refractivity contribution in [1.29, 1.82) is 0 Å². The summed E-state index contributed by atoms with van der Waals surface area (Å²) in [6.45, 7) is 2.16. The van der Waals surface area contributed by atoms with Gasteiger partial charge in [-0.15, -0.1) is 0 Å². The highest BCUT2D eigenvalue weighted by atomic mass is 32.2. The fourth-order valence-electron chi connectivity index (χ4n) is 1.20. The van der Waals surface area contributed by atoms with Crippen LogP contribution in [0.1, 0.15) is 13.3 Å². The molecular weight excluding hydrogens is 216 g/mol. The van der Waals surface area contributed by atoms with Gasteiger partial charge in [-0.3, -0.25) is 4.68 Å². The Morgan fingerprint density at radius 3 is 2.73 bits per heavy atom. The molecule has 6 nitrogen and oxygen atoms in total. The molecule has 1 unspecified atom stereocenters. The zero-order valence-corrected chi connectivity index (χ0v) is 9.66. The van der Waals surface area contributed by atoms with Crippen molar-refractivity contribution in [2.75, 3.05) is 6.54 Å². The third kappa shape index (κ3) is 2.77. The molecule has 0 saturated carbocycles. The Morgan fingerprint density at radius 1 is 1.67 bits per heavy atom. The molecule has 1 rings (SSSR count). The van der Waals surface area contributed by atoms with Crippen LogP contribution in [0.25, 0.3) is 0 Å². The van der Waals surface area contributed by atoms with Gasteiger partial charge in [0.05, 0.1) is 6.20 Å². The molecule has 0 aliphatic carbocycles. The molecule has 1 aromatic heterocycles. The molecule has 0 fully saturated rings. The average Bonchev–Trinajstić information content (AvgIpc) is 2.61. The summed E-state index contributed by atoms with van der Waals surface area (Å²) in [6.07, 6.45) is 2.10. The number of aryl methyl sites for hydroxylation is 1. The van der Waals surface area contributed by atoms with E-state index < -0.39 is 10.0 Å². The van der Waals surface area contributed by atoms with Crippen molar-refractivity contribution < 1.29 is 8.42 Å². The number of hydrogen-bond acceptors (Lipinski definition) is 4. The zero-order chi connectivity index (χ0) is 11.5. The Balaban J connectivity index is 2.90. The summed E-state index contributed by atoms with van der Waals surface area (Å²) < 4.78 is 27.5. The molecule has 0 radical (unpaired) electrons. The van der Waals surface area contributed by atoms with Crippen molar-refractivity contribution >= 4 is 10.0 Å². The van der Waals surface area contributed by atoms with Crippen LogP contribution < -0.4 is 10.5 Å². The summed E-state index contributed by atoms with van der Waals surface area (Å²) >= 11 is 0. The molecule has 1 atom stereocenters. The van der Waals surface area contributed by atoms with Crippen LogP contribution in [-0.4, -0.2) is 30.8 Å². The Morgan fingerprint density at radius 2 is 2.33 bits per heavy atom. The fourth-order valence-corrected chi connectivity index (χ4v) is 2.66. The van der Waals surface area contributed by atoms with Gasteiger partial charge in [0, 0.05) is 19.6 Å². The Kier molecular flexibility index (Phi) is 3.83. The molecule has 1 heterocycles. The quantitative estimate of drug-likeness (QED) is 0.711. The van der Waals surface area contributed by atoms with Crippen molar-refractivity contribution in [2.45, 2.75) is 24.4 Å². The highest BCUT2D eigenvalue weighted by Gasteiger charge is 2.20. The van der Waals surface area contributed by atoms with E-state index in [0.29, 0.717) is 6.42 Å². The van der Waals surface area contributed by atoms with E-state index in [1.54, 1.807) is 7.05 Å². The molecule has 7 heteroatoms. The van der Waals surface area contributed by atoms with E-state index in [-0.39, 0.29) is 17.6 Å². The van der Waals surface area contributed by atoms with E-state index in [1.807, 2.05) is 6.92 Å². The lowest BCUT2D eigenvalue weighted by atomic mass is 10.2. The van der Waals surface area contributed by atoms with Crippen molar-refractivity contribution in [3.05, 3.63) is 12.3 Å². The van der Waals surface area contributed by atoms with Crippen LogP contribution in [-0.2, 0) is 17.1 Å². The Bertz CT molecular complexity index is 408. The Labute approximate surface area is 89.5 Å². The monoisotopic (exact) mass is 232 g/mol. The van der Waals surface area contributed by atoms with E-state index in [0.717, 1.165) is 0 Å². The third-order valence-electron chi connectivity index (χ3n) is 2.15. The van der Waals surface area contributed by atoms with Crippen LogP contribution >= 0.6 is 0 Å². The van der Waals surface area contributed by atoms with E-state index in [2.05, 4.69) is 9.82 Å². The molecule has 86 valence electrons. The molecule has 0 saturated heterocycles. The first-order chi connectivity index (χ1) is 7.01. The lowest BCUT2D eigenvalue weighted by molar-refractivity contribution is 0.530. The van der Waals surface area contributed by atoms with Gasteiger partial charge in [-0.1, -0.05) is 6.92 Å². The predicted octanol–water partition coefficient (Wildman–Crippen LogP) is -0.564. The molecule has 1 aromatic rings. The van der Waals surface area contributed by atoms with E-state index >= 15 is 0 Å². The number of hydrogen-bond donors (Lipinski definition) is 2. The van der Waals surface area contributed by atoms with E-state index in [9.17, 15) is 8.42 Å². The third-order valence-corrected chi connectivity index (χ3v) is 3.74. The van der Waals surface area contributed by atoms with Crippen LogP contribution in [0, 0.1) is 0 Å². The van der Waals surface area contributed by atoms with Gasteiger partial charge < -0.3 is 5.73 Å². The lowest BCUT2D eigenvalue weighted by Crippen LogP contribution is -2.40. The molecule has 0 aliphatic heterocycles. The second-order valence-corrected chi connectivity index (χ2v) is 4.92. The molecule has 15 heavy (non-hydrogen) atoms. The second kappa shape index (κ2) is 4.73. The van der Waals surface area contributed by atoms with Gasteiger partial charge in [-0.2, -0.15) is 5.10 Å². The first-order valence-corrected chi connectivity index (χ1v) is 6.20. The average molecular weight is 232 g/mol.